The molecular weight excluding hydrogens is 390 g/mol. The maximum Gasteiger partial charge on any atom is 0.228 e. The Morgan fingerprint density at radius 3 is 2.81 bits per heavy atom. The van der Waals surface area contributed by atoms with Gasteiger partial charge in [-0.25, -0.2) is 4.63 Å². The van der Waals surface area contributed by atoms with Crippen LogP contribution in [-0.2, 0) is 11.2 Å². The number of pyridine rings is 1. The largest absolute Gasteiger partial charge is 0.358 e. The minimum atomic E-state index is 0.0703. The monoisotopic (exact) mass is 415 g/mol. The highest BCUT2D eigenvalue weighted by atomic mass is 16.6. The Labute approximate surface area is 180 Å². The number of benzene rings is 1. The number of nitrogens with one attached hydrogen (secondary N) is 1. The molecule has 0 aliphatic carbocycles. The fourth-order valence-electron chi connectivity index (χ4n) is 4.57. The van der Waals surface area contributed by atoms with Gasteiger partial charge in [-0.3, -0.25) is 9.78 Å². The third-order valence-electron chi connectivity index (χ3n) is 6.20. The van der Waals surface area contributed by atoms with Gasteiger partial charge < -0.3 is 9.88 Å². The molecule has 4 heterocycles. The summed E-state index contributed by atoms with van der Waals surface area (Å²) in [6, 6.07) is 10.6. The molecule has 1 N–H and O–H groups in total. The van der Waals surface area contributed by atoms with Gasteiger partial charge in [0.1, 0.15) is 11.4 Å². The number of amides is 1. The van der Waals surface area contributed by atoms with Crippen LogP contribution in [0, 0.1) is 13.8 Å². The van der Waals surface area contributed by atoms with Crippen LogP contribution in [0.25, 0.3) is 22.0 Å². The summed E-state index contributed by atoms with van der Waals surface area (Å²) in [6.07, 6.45) is 5.90. The highest BCUT2D eigenvalue weighted by Gasteiger charge is 2.29. The first-order chi connectivity index (χ1) is 15.1. The standard InChI is InChI=1S/C24H25N5O2/c1-15-5-6-20-19(12-15)23(17-7-9-25-10-8-17)24(26-20)18-4-3-11-29(14-18)22(30)13-21-16(2)27-31-28-21/h5-10,12,18,26H,3-4,11,13-14H2,1-2H3. The normalized spacial score (nSPS) is 16.7. The zero-order valence-corrected chi connectivity index (χ0v) is 17.8. The predicted molar refractivity (Wildman–Crippen MR) is 118 cm³/mol. The zero-order valence-electron chi connectivity index (χ0n) is 17.8. The molecule has 3 aromatic heterocycles. The van der Waals surface area contributed by atoms with Gasteiger partial charge >= 0.3 is 0 Å². The Kier molecular flexibility index (Phi) is 5.02. The maximum absolute atomic E-state index is 13.0. The van der Waals surface area contributed by atoms with E-state index in [4.69, 9.17) is 4.63 Å². The first-order valence-corrected chi connectivity index (χ1v) is 10.7. The van der Waals surface area contributed by atoms with Crippen molar-refractivity contribution in [3.63, 3.8) is 0 Å². The molecule has 1 fully saturated rings. The number of hydrogen-bond acceptors (Lipinski definition) is 5. The van der Waals surface area contributed by atoms with Gasteiger partial charge in [0, 0.05) is 53.6 Å². The van der Waals surface area contributed by atoms with E-state index in [1.165, 1.54) is 22.2 Å². The second kappa shape index (κ2) is 7.98. The van der Waals surface area contributed by atoms with Crippen molar-refractivity contribution in [2.45, 2.75) is 39.0 Å². The molecule has 0 saturated carbocycles. The average molecular weight is 415 g/mol. The molecule has 1 aliphatic rings. The fraction of sp³-hybridized carbons (Fsp3) is 0.333. The van der Waals surface area contributed by atoms with Gasteiger partial charge in [0.25, 0.3) is 0 Å². The van der Waals surface area contributed by atoms with Crippen LogP contribution in [0.3, 0.4) is 0 Å². The third-order valence-corrected chi connectivity index (χ3v) is 6.20. The van der Waals surface area contributed by atoms with Crippen LogP contribution in [0.1, 0.15) is 41.4 Å². The predicted octanol–water partition coefficient (Wildman–Crippen LogP) is 4.18. The number of likely N-dealkylation sites (tertiary alicyclic amines) is 1. The number of H-pyrrole nitrogens is 1. The molecule has 1 aliphatic heterocycles. The molecule has 0 radical (unpaired) electrons. The summed E-state index contributed by atoms with van der Waals surface area (Å²) < 4.78 is 4.75. The Bertz CT molecular complexity index is 1230. The Hall–Kier alpha value is -3.48. The molecule has 1 amide bonds. The van der Waals surface area contributed by atoms with Crippen molar-refractivity contribution >= 4 is 16.8 Å². The van der Waals surface area contributed by atoms with E-state index in [1.54, 1.807) is 0 Å². The number of hydrogen-bond donors (Lipinski definition) is 1. The summed E-state index contributed by atoms with van der Waals surface area (Å²) >= 11 is 0. The number of carbonyl (C=O) groups is 1. The number of rotatable bonds is 4. The summed E-state index contributed by atoms with van der Waals surface area (Å²) in [4.78, 5) is 22.8. The van der Waals surface area contributed by atoms with Crippen LogP contribution in [0.15, 0.2) is 47.4 Å². The van der Waals surface area contributed by atoms with E-state index in [2.05, 4.69) is 57.5 Å². The number of fused-ring (bicyclic) bond motifs is 1. The molecule has 1 saturated heterocycles. The van der Waals surface area contributed by atoms with E-state index >= 15 is 0 Å². The molecule has 4 aromatic rings. The summed E-state index contributed by atoms with van der Waals surface area (Å²) in [5.74, 6) is 0.311. The molecular formula is C24H25N5O2. The molecule has 7 nitrogen and oxygen atoms in total. The second-order valence-corrected chi connectivity index (χ2v) is 8.35. The molecule has 31 heavy (non-hydrogen) atoms. The number of nitrogens with zero attached hydrogens (tertiary/aromatic N) is 4. The summed E-state index contributed by atoms with van der Waals surface area (Å²) in [6.45, 7) is 5.38. The summed E-state index contributed by atoms with van der Waals surface area (Å²) in [5, 5.41) is 8.88. The van der Waals surface area contributed by atoms with E-state index in [1.807, 2.05) is 24.2 Å². The molecule has 1 atom stereocenters. The molecule has 5 rings (SSSR count). The fourth-order valence-corrected chi connectivity index (χ4v) is 4.57. The van der Waals surface area contributed by atoms with Gasteiger partial charge in [-0.05, 0) is 56.5 Å². The van der Waals surface area contributed by atoms with Crippen molar-refractivity contribution in [3.8, 4) is 11.1 Å². The van der Waals surface area contributed by atoms with Crippen molar-refractivity contribution in [2.75, 3.05) is 13.1 Å². The quantitative estimate of drug-likeness (QED) is 0.540. The minimum Gasteiger partial charge on any atom is -0.358 e. The number of aromatic amines is 1. The average Bonchev–Trinajstić information content (AvgIpc) is 3.37. The van der Waals surface area contributed by atoms with E-state index in [0.29, 0.717) is 17.9 Å². The van der Waals surface area contributed by atoms with Gasteiger partial charge in [0.2, 0.25) is 5.91 Å². The lowest BCUT2D eigenvalue weighted by Crippen LogP contribution is -2.40. The molecule has 158 valence electrons. The minimum absolute atomic E-state index is 0.0703. The highest BCUT2D eigenvalue weighted by molar-refractivity contribution is 5.98. The molecule has 0 spiro atoms. The van der Waals surface area contributed by atoms with Gasteiger partial charge in [-0.2, -0.15) is 0 Å². The van der Waals surface area contributed by atoms with Gasteiger partial charge in [0.15, 0.2) is 0 Å². The Morgan fingerprint density at radius 2 is 2.03 bits per heavy atom. The first kappa shape index (κ1) is 19.5. The van der Waals surface area contributed by atoms with Crippen molar-refractivity contribution < 1.29 is 9.42 Å². The van der Waals surface area contributed by atoms with E-state index in [-0.39, 0.29) is 18.2 Å². The molecule has 0 bridgehead atoms. The van der Waals surface area contributed by atoms with Crippen LogP contribution < -0.4 is 0 Å². The lowest BCUT2D eigenvalue weighted by atomic mass is 9.89. The van der Waals surface area contributed by atoms with Gasteiger partial charge in [-0.1, -0.05) is 21.9 Å². The maximum atomic E-state index is 13.0. The van der Waals surface area contributed by atoms with E-state index < -0.39 is 0 Å². The van der Waals surface area contributed by atoms with Crippen LogP contribution in [-0.4, -0.2) is 44.2 Å². The lowest BCUT2D eigenvalue weighted by Gasteiger charge is -2.33. The third kappa shape index (κ3) is 3.71. The number of carbonyl (C=O) groups excluding carboxylic acids is 1. The lowest BCUT2D eigenvalue weighted by molar-refractivity contribution is -0.131. The van der Waals surface area contributed by atoms with Gasteiger partial charge in [-0.15, -0.1) is 0 Å². The zero-order chi connectivity index (χ0) is 21.4. The van der Waals surface area contributed by atoms with Crippen LogP contribution >= 0.6 is 0 Å². The summed E-state index contributed by atoms with van der Waals surface area (Å²) in [7, 11) is 0. The molecule has 1 aromatic carbocycles. The SMILES string of the molecule is Cc1ccc2[nH]c(C3CCCN(C(=O)Cc4nonc4C)C3)c(-c3ccncc3)c2c1. The Morgan fingerprint density at radius 1 is 1.19 bits per heavy atom. The van der Waals surface area contributed by atoms with Crippen LogP contribution in [0.4, 0.5) is 0 Å². The molecule has 7 heteroatoms. The van der Waals surface area contributed by atoms with Crippen molar-refractivity contribution in [1.29, 1.82) is 0 Å². The van der Waals surface area contributed by atoms with Crippen molar-refractivity contribution in [1.82, 2.24) is 25.2 Å². The highest BCUT2D eigenvalue weighted by Crippen LogP contribution is 2.39. The number of aromatic nitrogens is 4. The van der Waals surface area contributed by atoms with Gasteiger partial charge in [0.05, 0.1) is 6.42 Å². The molecule has 1 unspecified atom stereocenters. The first-order valence-electron chi connectivity index (χ1n) is 10.7. The number of aryl methyl sites for hydroxylation is 2. The second-order valence-electron chi connectivity index (χ2n) is 8.35. The summed E-state index contributed by atoms with van der Waals surface area (Å²) in [5.41, 5.74) is 7.21. The smallest absolute Gasteiger partial charge is 0.228 e. The van der Waals surface area contributed by atoms with E-state index in [0.717, 1.165) is 30.5 Å². The van der Waals surface area contributed by atoms with Crippen LogP contribution in [0.5, 0.6) is 0 Å². The van der Waals surface area contributed by atoms with Crippen molar-refractivity contribution in [2.24, 2.45) is 0 Å². The van der Waals surface area contributed by atoms with Crippen molar-refractivity contribution in [3.05, 3.63) is 65.4 Å². The number of piperidine rings is 1. The Balaban J connectivity index is 1.49. The topological polar surface area (TPSA) is 87.9 Å². The van der Waals surface area contributed by atoms with E-state index in [9.17, 15) is 4.79 Å². The van der Waals surface area contributed by atoms with Crippen LogP contribution in [0.2, 0.25) is 0 Å².